The molecule has 1 aromatic heterocycles. The first-order valence-electron chi connectivity index (χ1n) is 9.17. The van der Waals surface area contributed by atoms with E-state index in [2.05, 4.69) is 48.3 Å². The Morgan fingerprint density at radius 3 is 2.78 bits per heavy atom. The van der Waals surface area contributed by atoms with Crippen molar-refractivity contribution >= 4 is 22.5 Å². The average molecular weight is 381 g/mol. The number of nitriles is 1. The van der Waals surface area contributed by atoms with E-state index in [1.165, 1.54) is 0 Å². The van der Waals surface area contributed by atoms with Gasteiger partial charge in [0.15, 0.2) is 0 Å². The minimum Gasteiger partial charge on any atom is -0.262 e. The Morgan fingerprint density at radius 2 is 2.07 bits per heavy atom. The molecule has 3 heterocycles. The summed E-state index contributed by atoms with van der Waals surface area (Å²) < 4.78 is 1.99. The first-order valence-corrected chi connectivity index (χ1v) is 9.55. The van der Waals surface area contributed by atoms with E-state index >= 15 is 0 Å². The summed E-state index contributed by atoms with van der Waals surface area (Å²) in [5.74, 6) is 0. The van der Waals surface area contributed by atoms with Crippen molar-refractivity contribution in [3.05, 3.63) is 58.7 Å². The fraction of sp³-hybridized carbons (Fsp3) is 0.350. The highest BCUT2D eigenvalue weighted by molar-refractivity contribution is 6.35. The van der Waals surface area contributed by atoms with Crippen molar-refractivity contribution < 1.29 is 0 Å². The molecule has 138 valence electrons. The van der Waals surface area contributed by atoms with E-state index in [1.54, 1.807) is 6.07 Å². The number of nitrogens with zero attached hydrogens (tertiary/aromatic N) is 6. The summed E-state index contributed by atoms with van der Waals surface area (Å²) in [4.78, 5) is 0. The second-order valence-corrected chi connectivity index (χ2v) is 7.27. The fourth-order valence-corrected chi connectivity index (χ4v) is 4.12. The van der Waals surface area contributed by atoms with Gasteiger partial charge in [-0.05, 0) is 44.0 Å². The lowest BCUT2D eigenvalue weighted by molar-refractivity contribution is 0.184. The number of hydrogen-bond acceptors (Lipinski definition) is 5. The molecule has 0 saturated carbocycles. The SMILES string of the molecule is CCC(CC)N1N=NC2=CN(n3ccc4cc(C#N)cc(Cl)c43)C(C)=CC21. The van der Waals surface area contributed by atoms with E-state index in [1.807, 2.05) is 34.2 Å². The van der Waals surface area contributed by atoms with Gasteiger partial charge in [0.25, 0.3) is 0 Å². The van der Waals surface area contributed by atoms with Crippen LogP contribution < -0.4 is 5.01 Å². The molecule has 1 unspecified atom stereocenters. The summed E-state index contributed by atoms with van der Waals surface area (Å²) in [5, 5.41) is 23.6. The van der Waals surface area contributed by atoms with Crippen LogP contribution in [0, 0.1) is 11.3 Å². The van der Waals surface area contributed by atoms with Gasteiger partial charge < -0.3 is 0 Å². The number of aromatic nitrogens is 1. The molecule has 0 saturated heterocycles. The van der Waals surface area contributed by atoms with Crippen molar-refractivity contribution in [2.45, 2.75) is 45.7 Å². The van der Waals surface area contributed by atoms with Gasteiger partial charge >= 0.3 is 0 Å². The van der Waals surface area contributed by atoms with Crippen LogP contribution in [0.4, 0.5) is 0 Å². The van der Waals surface area contributed by atoms with Gasteiger partial charge in [0.1, 0.15) is 11.7 Å². The maximum atomic E-state index is 9.16. The lowest BCUT2D eigenvalue weighted by Crippen LogP contribution is -2.40. The maximum Gasteiger partial charge on any atom is 0.115 e. The quantitative estimate of drug-likeness (QED) is 0.741. The van der Waals surface area contributed by atoms with E-state index in [0.717, 1.165) is 35.1 Å². The van der Waals surface area contributed by atoms with Crippen LogP contribution in [0.25, 0.3) is 10.9 Å². The molecule has 0 amide bonds. The van der Waals surface area contributed by atoms with Gasteiger partial charge in [0.2, 0.25) is 0 Å². The van der Waals surface area contributed by atoms with Crippen molar-refractivity contribution in [2.75, 3.05) is 5.01 Å². The topological polar surface area (TPSA) is 59.9 Å². The standard InChI is InChI=1S/C20H21ClN6/c1-4-16(5-2)27-19-8-13(3)26(12-18(19)23-24-27)25-7-6-15-9-14(11-22)10-17(21)20(15)25/h6-10,12,16,19H,4-5H2,1-3H3. The smallest absolute Gasteiger partial charge is 0.115 e. The number of fused-ring (bicyclic) bond motifs is 2. The molecule has 0 aliphatic carbocycles. The number of halogens is 1. The van der Waals surface area contributed by atoms with Crippen molar-refractivity contribution in [1.82, 2.24) is 9.69 Å². The number of rotatable bonds is 4. The Morgan fingerprint density at radius 1 is 1.30 bits per heavy atom. The average Bonchev–Trinajstić information content (AvgIpc) is 3.26. The second-order valence-electron chi connectivity index (χ2n) is 6.86. The molecule has 6 nitrogen and oxygen atoms in total. The number of allylic oxidation sites excluding steroid dienone is 1. The van der Waals surface area contributed by atoms with Gasteiger partial charge in [-0.2, -0.15) is 5.26 Å². The predicted molar refractivity (Wildman–Crippen MR) is 107 cm³/mol. The second kappa shape index (κ2) is 6.75. The first kappa shape index (κ1) is 17.6. The third kappa shape index (κ3) is 2.79. The monoisotopic (exact) mass is 380 g/mol. The third-order valence-electron chi connectivity index (χ3n) is 5.26. The molecule has 0 radical (unpaired) electrons. The van der Waals surface area contributed by atoms with Gasteiger partial charge in [-0.15, -0.1) is 5.11 Å². The lowest BCUT2D eigenvalue weighted by Gasteiger charge is -2.33. The highest BCUT2D eigenvalue weighted by atomic mass is 35.5. The van der Waals surface area contributed by atoms with Crippen LogP contribution in [0.2, 0.25) is 5.02 Å². The molecule has 0 fully saturated rings. The minimum atomic E-state index is 0.0774. The van der Waals surface area contributed by atoms with Crippen LogP contribution in [0.15, 0.2) is 58.4 Å². The molecular weight excluding hydrogens is 360 g/mol. The van der Waals surface area contributed by atoms with Crippen LogP contribution in [-0.2, 0) is 0 Å². The van der Waals surface area contributed by atoms with Gasteiger partial charge in [-0.25, -0.2) is 0 Å². The largest absolute Gasteiger partial charge is 0.262 e. The summed E-state index contributed by atoms with van der Waals surface area (Å²) in [6.45, 7) is 6.43. The Kier molecular flexibility index (Phi) is 4.40. The maximum absolute atomic E-state index is 9.16. The van der Waals surface area contributed by atoms with Gasteiger partial charge in [0, 0.05) is 23.3 Å². The Balaban J connectivity index is 1.74. The molecule has 27 heavy (non-hydrogen) atoms. The van der Waals surface area contributed by atoms with E-state index < -0.39 is 0 Å². The highest BCUT2D eigenvalue weighted by Gasteiger charge is 2.34. The van der Waals surface area contributed by atoms with Crippen molar-refractivity contribution in [1.29, 1.82) is 5.26 Å². The van der Waals surface area contributed by atoms with Crippen LogP contribution in [0.5, 0.6) is 0 Å². The Hall–Kier alpha value is -2.78. The van der Waals surface area contributed by atoms with Gasteiger partial charge in [-0.1, -0.05) is 30.7 Å². The normalized spacial score (nSPS) is 18.7. The highest BCUT2D eigenvalue weighted by Crippen LogP contribution is 2.34. The first-order chi connectivity index (χ1) is 13.1. The molecule has 2 aliphatic rings. The minimum absolute atomic E-state index is 0.0774. The van der Waals surface area contributed by atoms with Crippen LogP contribution >= 0.6 is 11.6 Å². The molecule has 0 bridgehead atoms. The molecule has 0 N–H and O–H groups in total. The van der Waals surface area contributed by atoms with Crippen molar-refractivity contribution in [2.24, 2.45) is 10.3 Å². The summed E-state index contributed by atoms with van der Waals surface area (Å²) in [6, 6.07) is 8.12. The Bertz CT molecular complexity index is 1020. The predicted octanol–water partition coefficient (Wildman–Crippen LogP) is 5.10. The molecule has 1 aromatic carbocycles. The lowest BCUT2D eigenvalue weighted by atomic mass is 10.1. The van der Waals surface area contributed by atoms with Gasteiger partial charge in [0.05, 0.1) is 28.4 Å². The zero-order valence-corrected chi connectivity index (χ0v) is 16.4. The van der Waals surface area contributed by atoms with Crippen molar-refractivity contribution in [3.8, 4) is 6.07 Å². The summed E-state index contributed by atoms with van der Waals surface area (Å²) in [6.07, 6.45) is 8.23. The summed E-state index contributed by atoms with van der Waals surface area (Å²) in [7, 11) is 0. The number of hydrogen-bond donors (Lipinski definition) is 0. The summed E-state index contributed by atoms with van der Waals surface area (Å²) in [5.41, 5.74) is 3.41. The van der Waals surface area contributed by atoms with Gasteiger partial charge in [-0.3, -0.25) is 14.7 Å². The van der Waals surface area contributed by atoms with Crippen LogP contribution in [0.3, 0.4) is 0 Å². The van der Waals surface area contributed by atoms with E-state index in [0.29, 0.717) is 16.6 Å². The van der Waals surface area contributed by atoms with E-state index in [-0.39, 0.29) is 6.04 Å². The molecular formula is C20H21ClN6. The van der Waals surface area contributed by atoms with Crippen LogP contribution in [0.1, 0.15) is 39.2 Å². The van der Waals surface area contributed by atoms with Crippen LogP contribution in [-0.4, -0.2) is 21.8 Å². The summed E-state index contributed by atoms with van der Waals surface area (Å²) >= 11 is 6.48. The molecule has 7 heteroatoms. The molecule has 2 aliphatic heterocycles. The van der Waals surface area contributed by atoms with Crippen molar-refractivity contribution in [3.63, 3.8) is 0 Å². The molecule has 4 rings (SSSR count). The molecule has 1 atom stereocenters. The zero-order valence-electron chi connectivity index (χ0n) is 15.6. The van der Waals surface area contributed by atoms with E-state index in [4.69, 9.17) is 16.9 Å². The number of benzene rings is 1. The third-order valence-corrected chi connectivity index (χ3v) is 5.55. The zero-order chi connectivity index (χ0) is 19.1. The van der Waals surface area contributed by atoms with E-state index in [9.17, 15) is 0 Å². The molecule has 0 spiro atoms. The Labute approximate surface area is 163 Å². The fourth-order valence-electron chi connectivity index (χ4n) is 3.80. The molecule has 2 aromatic rings.